The van der Waals surface area contributed by atoms with Crippen molar-refractivity contribution in [3.8, 4) is 0 Å². The Balaban J connectivity index is 2.32. The maximum atomic E-state index is 6.12. The van der Waals surface area contributed by atoms with Crippen LogP contribution in [0.25, 0.3) is 0 Å². The molecule has 0 saturated carbocycles. The molecule has 0 aliphatic carbocycles. The van der Waals surface area contributed by atoms with E-state index in [0.29, 0.717) is 5.82 Å². The number of nitrogen functional groups attached to an aromatic ring is 1. The molecule has 17 heavy (non-hydrogen) atoms. The van der Waals surface area contributed by atoms with Crippen molar-refractivity contribution < 1.29 is 0 Å². The number of hydrogen-bond acceptors (Lipinski definition) is 4. The smallest absolute Gasteiger partial charge is 0.162 e. The Morgan fingerprint density at radius 1 is 1.24 bits per heavy atom. The lowest BCUT2D eigenvalue weighted by molar-refractivity contribution is 0.939. The number of aryl methyl sites for hydroxylation is 1. The van der Waals surface area contributed by atoms with Crippen molar-refractivity contribution in [3.05, 3.63) is 52.2 Å². The number of halogens is 1. The van der Waals surface area contributed by atoms with Gasteiger partial charge in [0.1, 0.15) is 0 Å². The highest BCUT2D eigenvalue weighted by Crippen LogP contribution is 2.20. The first-order valence-corrected chi connectivity index (χ1v) is 5.61. The predicted molar refractivity (Wildman–Crippen MR) is 68.8 cm³/mol. The second kappa shape index (κ2) is 5.12. The zero-order valence-corrected chi connectivity index (χ0v) is 10.2. The van der Waals surface area contributed by atoms with Gasteiger partial charge in [0.2, 0.25) is 0 Å². The number of nitrogens with zero attached hydrogens (tertiary/aromatic N) is 2. The zero-order valence-electron chi connectivity index (χ0n) is 9.44. The summed E-state index contributed by atoms with van der Waals surface area (Å²) in [6, 6.07) is 9.63. The molecule has 0 bridgehead atoms. The summed E-state index contributed by atoms with van der Waals surface area (Å²) < 4.78 is 0. The molecule has 0 saturated heterocycles. The van der Waals surface area contributed by atoms with Crippen molar-refractivity contribution in [2.75, 3.05) is 5.43 Å². The number of aromatic nitrogens is 2. The number of benzene rings is 1. The summed E-state index contributed by atoms with van der Waals surface area (Å²) in [6.45, 7) is 1.92. The summed E-state index contributed by atoms with van der Waals surface area (Å²) in [6.07, 6.45) is 0.718. The van der Waals surface area contributed by atoms with Crippen LogP contribution in [0.4, 0.5) is 5.82 Å². The molecule has 0 amide bonds. The largest absolute Gasteiger partial charge is 0.307 e. The summed E-state index contributed by atoms with van der Waals surface area (Å²) in [5.74, 6) is 5.87. The molecule has 2 aromatic rings. The number of nitrogens with one attached hydrogen (secondary N) is 1. The van der Waals surface area contributed by atoms with E-state index in [4.69, 9.17) is 17.4 Å². The van der Waals surface area contributed by atoms with Gasteiger partial charge in [0, 0.05) is 11.4 Å². The van der Waals surface area contributed by atoms with Crippen LogP contribution in [-0.4, -0.2) is 10.2 Å². The number of anilines is 1. The third kappa shape index (κ3) is 2.72. The minimum absolute atomic E-state index is 0.553. The monoisotopic (exact) mass is 248 g/mol. The molecule has 2 rings (SSSR count). The Morgan fingerprint density at radius 3 is 2.71 bits per heavy atom. The number of nitrogens with two attached hydrogens (primary N) is 1. The van der Waals surface area contributed by atoms with E-state index in [9.17, 15) is 0 Å². The first kappa shape index (κ1) is 11.8. The molecular weight excluding hydrogens is 236 g/mol. The molecule has 0 spiro atoms. The van der Waals surface area contributed by atoms with Gasteiger partial charge in [0.25, 0.3) is 0 Å². The van der Waals surface area contributed by atoms with Crippen molar-refractivity contribution >= 4 is 17.4 Å². The van der Waals surface area contributed by atoms with Crippen molar-refractivity contribution in [1.29, 1.82) is 0 Å². The van der Waals surface area contributed by atoms with Gasteiger partial charge in [0.05, 0.1) is 5.69 Å². The van der Waals surface area contributed by atoms with Gasteiger partial charge in [-0.2, -0.15) is 5.10 Å². The van der Waals surface area contributed by atoms with E-state index in [1.54, 1.807) is 0 Å². The summed E-state index contributed by atoms with van der Waals surface area (Å²) in [5, 5.41) is 8.70. The lowest BCUT2D eigenvalue weighted by atomic mass is 10.0. The van der Waals surface area contributed by atoms with Crippen LogP contribution < -0.4 is 11.3 Å². The second-order valence-corrected chi connectivity index (χ2v) is 4.16. The molecular formula is C12H13ClN4. The van der Waals surface area contributed by atoms with Gasteiger partial charge in [-0.1, -0.05) is 29.8 Å². The zero-order chi connectivity index (χ0) is 12.3. The summed E-state index contributed by atoms with van der Waals surface area (Å²) in [5.41, 5.74) is 5.49. The summed E-state index contributed by atoms with van der Waals surface area (Å²) >= 11 is 6.12. The second-order valence-electron chi connectivity index (χ2n) is 3.75. The van der Waals surface area contributed by atoms with Gasteiger partial charge < -0.3 is 5.43 Å². The molecule has 0 unspecified atom stereocenters. The van der Waals surface area contributed by atoms with Gasteiger partial charge in [-0.05, 0) is 30.2 Å². The number of hydrazine groups is 1. The van der Waals surface area contributed by atoms with Gasteiger partial charge in [0.15, 0.2) is 5.82 Å². The van der Waals surface area contributed by atoms with Gasteiger partial charge >= 0.3 is 0 Å². The minimum atomic E-state index is 0.553. The van der Waals surface area contributed by atoms with Crippen molar-refractivity contribution in [2.45, 2.75) is 13.3 Å². The third-order valence-electron chi connectivity index (χ3n) is 2.57. The first-order chi connectivity index (χ1) is 8.20. The fourth-order valence-electron chi connectivity index (χ4n) is 1.59. The van der Waals surface area contributed by atoms with E-state index in [0.717, 1.165) is 28.3 Å². The first-order valence-electron chi connectivity index (χ1n) is 5.24. The molecule has 0 atom stereocenters. The molecule has 3 N–H and O–H groups in total. The van der Waals surface area contributed by atoms with Crippen LogP contribution in [0.3, 0.4) is 0 Å². The van der Waals surface area contributed by atoms with Crippen LogP contribution in [-0.2, 0) is 6.42 Å². The van der Waals surface area contributed by atoms with Crippen molar-refractivity contribution in [1.82, 2.24) is 10.2 Å². The molecule has 0 fully saturated rings. The highest BCUT2D eigenvalue weighted by Gasteiger charge is 2.06. The predicted octanol–water partition coefficient (Wildman–Crippen LogP) is 2.31. The third-order valence-corrected chi connectivity index (χ3v) is 2.94. The highest BCUT2D eigenvalue weighted by atomic mass is 35.5. The fraction of sp³-hybridized carbons (Fsp3) is 0.167. The van der Waals surface area contributed by atoms with Gasteiger partial charge in [-0.15, -0.1) is 5.10 Å². The van der Waals surface area contributed by atoms with E-state index in [-0.39, 0.29) is 0 Å². The van der Waals surface area contributed by atoms with E-state index in [1.165, 1.54) is 0 Å². The molecule has 0 radical (unpaired) electrons. The van der Waals surface area contributed by atoms with Crippen molar-refractivity contribution in [2.24, 2.45) is 5.84 Å². The Bertz CT molecular complexity index is 528. The molecule has 1 heterocycles. The molecule has 5 heteroatoms. The maximum Gasteiger partial charge on any atom is 0.162 e. The Labute approximate surface area is 105 Å². The number of rotatable bonds is 3. The highest BCUT2D eigenvalue weighted by molar-refractivity contribution is 6.31. The molecule has 0 aliphatic heterocycles. The Morgan fingerprint density at radius 2 is 2.00 bits per heavy atom. The Hall–Kier alpha value is -1.65. The lowest BCUT2D eigenvalue weighted by Crippen LogP contribution is -2.10. The quantitative estimate of drug-likeness (QED) is 0.646. The lowest BCUT2D eigenvalue weighted by Gasteiger charge is -2.08. The molecule has 1 aromatic carbocycles. The van der Waals surface area contributed by atoms with Crippen LogP contribution in [0, 0.1) is 6.92 Å². The van der Waals surface area contributed by atoms with Crippen LogP contribution in [0.15, 0.2) is 30.3 Å². The topological polar surface area (TPSA) is 63.8 Å². The van der Waals surface area contributed by atoms with Crippen LogP contribution >= 0.6 is 11.6 Å². The Kier molecular flexibility index (Phi) is 3.56. The van der Waals surface area contributed by atoms with E-state index < -0.39 is 0 Å². The van der Waals surface area contributed by atoms with Gasteiger partial charge in [-0.25, -0.2) is 5.84 Å². The van der Waals surface area contributed by atoms with Crippen LogP contribution in [0.5, 0.6) is 0 Å². The molecule has 1 aromatic heterocycles. The SMILES string of the molecule is Cc1nnc(NN)cc1Cc1ccccc1Cl. The average Bonchev–Trinajstić information content (AvgIpc) is 2.35. The van der Waals surface area contributed by atoms with E-state index >= 15 is 0 Å². The molecule has 88 valence electrons. The molecule has 0 aliphatic rings. The van der Waals surface area contributed by atoms with Crippen LogP contribution in [0.2, 0.25) is 5.02 Å². The van der Waals surface area contributed by atoms with E-state index in [1.807, 2.05) is 37.3 Å². The normalized spacial score (nSPS) is 10.3. The van der Waals surface area contributed by atoms with Gasteiger partial charge in [-0.3, -0.25) is 0 Å². The van der Waals surface area contributed by atoms with E-state index in [2.05, 4.69) is 15.6 Å². The molecule has 4 nitrogen and oxygen atoms in total. The van der Waals surface area contributed by atoms with Crippen LogP contribution in [0.1, 0.15) is 16.8 Å². The fourth-order valence-corrected chi connectivity index (χ4v) is 1.79. The summed E-state index contributed by atoms with van der Waals surface area (Å²) in [4.78, 5) is 0. The van der Waals surface area contributed by atoms with Crippen molar-refractivity contribution in [3.63, 3.8) is 0 Å². The standard InChI is InChI=1S/C12H13ClN4/c1-8-10(7-12(15-14)17-16-8)6-9-4-2-3-5-11(9)13/h2-5,7H,6,14H2,1H3,(H,15,17). The minimum Gasteiger partial charge on any atom is -0.307 e. The summed E-state index contributed by atoms with van der Waals surface area (Å²) in [7, 11) is 0. The maximum absolute atomic E-state index is 6.12. The average molecular weight is 249 g/mol. The number of hydrogen-bond donors (Lipinski definition) is 2.